The zero-order valence-corrected chi connectivity index (χ0v) is 17.3. The largest absolute Gasteiger partial charge is 0.350 e. The first-order chi connectivity index (χ1) is 13.3. The highest BCUT2D eigenvalue weighted by Gasteiger charge is 2.23. The number of aromatic nitrogens is 4. The van der Waals surface area contributed by atoms with E-state index in [0.717, 1.165) is 22.8 Å². The minimum absolute atomic E-state index is 0.00157. The van der Waals surface area contributed by atoms with Crippen LogP contribution in [0.3, 0.4) is 0 Å². The number of aryl methyl sites for hydroxylation is 2. The first-order valence-electron chi connectivity index (χ1n) is 9.55. The number of rotatable bonds is 5. The molecule has 0 atom stereocenters. The van der Waals surface area contributed by atoms with Gasteiger partial charge in [-0.2, -0.15) is 10.2 Å². The van der Waals surface area contributed by atoms with Crippen molar-refractivity contribution in [1.29, 1.82) is 0 Å². The first-order valence-corrected chi connectivity index (χ1v) is 9.55. The number of fused-ring (bicyclic) bond motifs is 1. The second-order valence-electron chi connectivity index (χ2n) is 7.49. The Morgan fingerprint density at radius 1 is 1.18 bits per heavy atom. The van der Waals surface area contributed by atoms with E-state index in [9.17, 15) is 9.59 Å². The van der Waals surface area contributed by atoms with E-state index < -0.39 is 0 Å². The summed E-state index contributed by atoms with van der Waals surface area (Å²) in [7, 11) is 3.51. The quantitative estimate of drug-likeness (QED) is 0.835. The number of hydrogen-bond donors (Lipinski definition) is 1. The second-order valence-corrected chi connectivity index (χ2v) is 7.49. The maximum Gasteiger partial charge on any atom is 0.319 e. The van der Waals surface area contributed by atoms with Crippen molar-refractivity contribution < 1.29 is 9.59 Å². The third kappa shape index (κ3) is 4.18. The molecule has 1 aliphatic rings. The van der Waals surface area contributed by atoms with Crippen molar-refractivity contribution >= 4 is 11.9 Å². The molecule has 28 heavy (non-hydrogen) atoms. The average molecular weight is 387 g/mol. The van der Waals surface area contributed by atoms with Gasteiger partial charge in [-0.05, 0) is 32.4 Å². The maximum atomic E-state index is 12.2. The van der Waals surface area contributed by atoms with Gasteiger partial charge in [0.05, 0.1) is 36.7 Å². The maximum absolute atomic E-state index is 12.2. The third-order valence-corrected chi connectivity index (χ3v) is 5.26. The highest BCUT2D eigenvalue weighted by Crippen LogP contribution is 2.15. The molecule has 3 amide bonds. The number of hydrogen-bond acceptors (Lipinski definition) is 4. The molecular weight excluding hydrogens is 358 g/mol. The molecule has 0 fully saturated rings. The fourth-order valence-electron chi connectivity index (χ4n) is 3.35. The Morgan fingerprint density at radius 2 is 1.93 bits per heavy atom. The van der Waals surface area contributed by atoms with Crippen molar-refractivity contribution in [3.8, 4) is 0 Å². The number of carbonyl (C=O) groups excluding carboxylic acids is 2. The Bertz CT molecular complexity index is 881. The minimum Gasteiger partial charge on any atom is -0.350 e. The van der Waals surface area contributed by atoms with Gasteiger partial charge in [0.1, 0.15) is 0 Å². The van der Waals surface area contributed by atoms with Crippen molar-refractivity contribution in [2.45, 2.75) is 53.4 Å². The van der Waals surface area contributed by atoms with E-state index in [1.165, 1.54) is 5.56 Å². The van der Waals surface area contributed by atoms with Crippen LogP contribution in [-0.2, 0) is 31.0 Å². The summed E-state index contributed by atoms with van der Waals surface area (Å²) < 4.78 is 3.80. The van der Waals surface area contributed by atoms with Crippen molar-refractivity contribution in [2.75, 3.05) is 20.6 Å². The number of carbonyl (C=O) groups is 2. The van der Waals surface area contributed by atoms with Gasteiger partial charge in [0.2, 0.25) is 5.91 Å². The minimum atomic E-state index is -0.0272. The summed E-state index contributed by atoms with van der Waals surface area (Å²) in [5.41, 5.74) is 5.08. The van der Waals surface area contributed by atoms with E-state index >= 15 is 0 Å². The van der Waals surface area contributed by atoms with Crippen LogP contribution in [0.2, 0.25) is 0 Å². The number of urea groups is 1. The van der Waals surface area contributed by atoms with E-state index in [1.54, 1.807) is 23.9 Å². The summed E-state index contributed by atoms with van der Waals surface area (Å²) in [5.74, 6) is -0.0272. The lowest BCUT2D eigenvalue weighted by atomic mass is 10.2. The monoisotopic (exact) mass is 387 g/mol. The molecule has 3 rings (SSSR count). The number of nitrogens with one attached hydrogen (secondary N) is 1. The van der Waals surface area contributed by atoms with Crippen LogP contribution in [-0.4, -0.2) is 61.9 Å². The van der Waals surface area contributed by atoms with Crippen molar-refractivity contribution in [2.24, 2.45) is 0 Å². The summed E-state index contributed by atoms with van der Waals surface area (Å²) >= 11 is 0. The molecule has 0 spiro atoms. The Kier molecular flexibility index (Phi) is 5.71. The van der Waals surface area contributed by atoms with Crippen molar-refractivity contribution in [3.05, 3.63) is 34.4 Å². The molecule has 152 valence electrons. The van der Waals surface area contributed by atoms with Crippen LogP contribution in [0.1, 0.15) is 34.8 Å². The average Bonchev–Trinajstić information content (AvgIpc) is 3.19. The first kappa shape index (κ1) is 19.9. The van der Waals surface area contributed by atoms with Gasteiger partial charge >= 0.3 is 6.03 Å². The molecule has 2 aromatic heterocycles. The number of nitrogens with zero attached hydrogens (tertiary/aromatic N) is 6. The van der Waals surface area contributed by atoms with E-state index in [2.05, 4.69) is 15.5 Å². The zero-order chi connectivity index (χ0) is 20.4. The van der Waals surface area contributed by atoms with Gasteiger partial charge in [-0.15, -0.1) is 0 Å². The lowest BCUT2D eigenvalue weighted by molar-refractivity contribution is -0.121. The van der Waals surface area contributed by atoms with Crippen LogP contribution in [0.25, 0.3) is 0 Å². The standard InChI is InChI=1S/C19H29N7O2/c1-13-14(2)21-25(15(13)3)7-6-18(27)20-11-16-10-17-12-24(19(28)23(4)5)8-9-26(17)22-16/h10H,6-9,11-12H2,1-5H3,(H,20,27). The molecule has 1 aliphatic heterocycles. The van der Waals surface area contributed by atoms with Gasteiger partial charge < -0.3 is 15.1 Å². The Balaban J connectivity index is 1.51. The molecule has 0 bridgehead atoms. The summed E-state index contributed by atoms with van der Waals surface area (Å²) in [6.07, 6.45) is 0.375. The molecule has 1 N–H and O–H groups in total. The van der Waals surface area contributed by atoms with E-state index in [-0.39, 0.29) is 11.9 Å². The molecule has 0 aromatic carbocycles. The summed E-state index contributed by atoms with van der Waals surface area (Å²) in [4.78, 5) is 27.7. The highest BCUT2D eigenvalue weighted by atomic mass is 16.2. The van der Waals surface area contributed by atoms with Crippen molar-refractivity contribution in [3.63, 3.8) is 0 Å². The van der Waals surface area contributed by atoms with E-state index in [1.807, 2.05) is 36.2 Å². The van der Waals surface area contributed by atoms with Gasteiger partial charge in [0.15, 0.2) is 0 Å². The lowest BCUT2D eigenvalue weighted by Crippen LogP contribution is -2.43. The van der Waals surface area contributed by atoms with Crippen molar-refractivity contribution in [1.82, 2.24) is 34.7 Å². The van der Waals surface area contributed by atoms with Crippen LogP contribution >= 0.6 is 0 Å². The van der Waals surface area contributed by atoms with Gasteiger partial charge in [0, 0.05) is 39.3 Å². The van der Waals surface area contributed by atoms with E-state index in [4.69, 9.17) is 0 Å². The topological polar surface area (TPSA) is 88.3 Å². The summed E-state index contributed by atoms with van der Waals surface area (Å²) in [6.45, 7) is 8.83. The molecule has 0 radical (unpaired) electrons. The Morgan fingerprint density at radius 3 is 2.57 bits per heavy atom. The third-order valence-electron chi connectivity index (χ3n) is 5.26. The fraction of sp³-hybridized carbons (Fsp3) is 0.579. The van der Waals surface area contributed by atoms with Crippen LogP contribution in [0.15, 0.2) is 6.07 Å². The smallest absolute Gasteiger partial charge is 0.319 e. The predicted octanol–water partition coefficient (Wildman–Crippen LogP) is 1.21. The van der Waals surface area contributed by atoms with Gasteiger partial charge in [0.25, 0.3) is 0 Å². The summed E-state index contributed by atoms with van der Waals surface area (Å²) in [6, 6.07) is 1.96. The molecule has 0 saturated carbocycles. The zero-order valence-electron chi connectivity index (χ0n) is 17.3. The molecule has 9 nitrogen and oxygen atoms in total. The molecule has 9 heteroatoms. The summed E-state index contributed by atoms with van der Waals surface area (Å²) in [5, 5.41) is 11.9. The predicted molar refractivity (Wildman–Crippen MR) is 105 cm³/mol. The normalized spacial score (nSPS) is 13.4. The lowest BCUT2D eigenvalue weighted by Gasteiger charge is -2.29. The molecule has 3 heterocycles. The van der Waals surface area contributed by atoms with Crippen LogP contribution in [0, 0.1) is 20.8 Å². The van der Waals surface area contributed by atoms with Gasteiger partial charge in [-0.25, -0.2) is 4.79 Å². The van der Waals surface area contributed by atoms with Gasteiger partial charge in [-0.1, -0.05) is 0 Å². The fourth-order valence-corrected chi connectivity index (χ4v) is 3.35. The molecule has 0 aliphatic carbocycles. The van der Waals surface area contributed by atoms with Crippen LogP contribution in [0.5, 0.6) is 0 Å². The van der Waals surface area contributed by atoms with E-state index in [0.29, 0.717) is 39.1 Å². The Hall–Kier alpha value is -2.84. The molecular formula is C19H29N7O2. The highest BCUT2D eigenvalue weighted by molar-refractivity contribution is 5.75. The van der Waals surface area contributed by atoms with Crippen LogP contribution < -0.4 is 5.32 Å². The number of amides is 3. The molecule has 0 unspecified atom stereocenters. The SMILES string of the molecule is Cc1nn(CCC(=O)NCc2cc3n(n2)CCN(C(=O)N(C)C)C3)c(C)c1C. The second kappa shape index (κ2) is 8.04. The molecule has 0 saturated heterocycles. The molecule has 2 aromatic rings. The Labute approximate surface area is 165 Å². The van der Waals surface area contributed by atoms with Crippen LogP contribution in [0.4, 0.5) is 4.79 Å². The van der Waals surface area contributed by atoms with Gasteiger partial charge in [-0.3, -0.25) is 14.2 Å².